The maximum atomic E-state index is 5.71. The van der Waals surface area contributed by atoms with E-state index in [4.69, 9.17) is 4.43 Å². The van der Waals surface area contributed by atoms with Crippen LogP contribution in [0.5, 0.6) is 0 Å². The van der Waals surface area contributed by atoms with Gasteiger partial charge in [-0.25, -0.2) is 0 Å². The molecule has 0 heterocycles. The molecule has 0 radical (unpaired) electrons. The average molecular weight is 198 g/mol. The lowest BCUT2D eigenvalue weighted by atomic mass is 10.2. The Kier molecular flexibility index (Phi) is 5.79. The molecule has 0 amide bonds. The SMILES string of the molecule is CC/C=C/C(=C\O[Si](C)(C)C)CC. The van der Waals surface area contributed by atoms with Crippen LogP contribution < -0.4 is 0 Å². The average Bonchev–Trinajstić information content (AvgIpc) is 2.03. The number of rotatable bonds is 5. The standard InChI is InChI=1S/C11H22OSi/c1-6-8-9-11(7-2)10-12-13(3,4)5/h8-10H,6-7H2,1-5H3/b9-8+,11-10-. The van der Waals surface area contributed by atoms with E-state index in [1.807, 2.05) is 6.26 Å². The molecule has 1 nitrogen and oxygen atoms in total. The zero-order valence-electron chi connectivity index (χ0n) is 9.55. The van der Waals surface area contributed by atoms with Crippen molar-refractivity contribution in [3.8, 4) is 0 Å². The molecular weight excluding hydrogens is 176 g/mol. The minimum Gasteiger partial charge on any atom is -0.549 e. The Morgan fingerprint density at radius 1 is 1.23 bits per heavy atom. The van der Waals surface area contributed by atoms with Gasteiger partial charge in [0.25, 0.3) is 0 Å². The fourth-order valence-corrected chi connectivity index (χ4v) is 1.27. The third kappa shape index (κ3) is 7.84. The van der Waals surface area contributed by atoms with Crippen molar-refractivity contribution in [2.45, 2.75) is 46.3 Å². The third-order valence-electron chi connectivity index (χ3n) is 1.54. The fraction of sp³-hybridized carbons (Fsp3) is 0.636. The van der Waals surface area contributed by atoms with Crippen LogP contribution in [0.2, 0.25) is 19.6 Å². The first-order valence-electron chi connectivity index (χ1n) is 5.03. The van der Waals surface area contributed by atoms with Crippen LogP contribution >= 0.6 is 0 Å². The molecule has 0 aliphatic heterocycles. The third-order valence-corrected chi connectivity index (χ3v) is 2.36. The minimum atomic E-state index is -1.39. The largest absolute Gasteiger partial charge is 0.549 e. The molecule has 0 aromatic rings. The highest BCUT2D eigenvalue weighted by molar-refractivity contribution is 6.69. The maximum Gasteiger partial charge on any atom is 0.241 e. The van der Waals surface area contributed by atoms with Gasteiger partial charge in [-0.1, -0.05) is 26.0 Å². The predicted molar refractivity (Wildman–Crippen MR) is 62.2 cm³/mol. The molecule has 76 valence electrons. The number of hydrogen-bond donors (Lipinski definition) is 0. The van der Waals surface area contributed by atoms with Gasteiger partial charge in [0.1, 0.15) is 0 Å². The molecule has 0 N–H and O–H groups in total. The molecule has 0 atom stereocenters. The normalized spacial score (nSPS) is 13.8. The van der Waals surface area contributed by atoms with Crippen molar-refractivity contribution in [1.82, 2.24) is 0 Å². The second kappa shape index (κ2) is 6.03. The summed E-state index contributed by atoms with van der Waals surface area (Å²) in [6.07, 6.45) is 8.38. The van der Waals surface area contributed by atoms with E-state index in [0.29, 0.717) is 0 Å². The maximum absolute atomic E-state index is 5.71. The highest BCUT2D eigenvalue weighted by Gasteiger charge is 2.13. The number of hydrogen-bond acceptors (Lipinski definition) is 1. The van der Waals surface area contributed by atoms with E-state index >= 15 is 0 Å². The molecule has 0 aliphatic rings. The van der Waals surface area contributed by atoms with Crippen LogP contribution in [0.25, 0.3) is 0 Å². The van der Waals surface area contributed by atoms with Gasteiger partial charge in [-0.15, -0.1) is 0 Å². The summed E-state index contributed by atoms with van der Waals surface area (Å²) in [6, 6.07) is 0. The molecular formula is C11H22OSi. The Bertz CT molecular complexity index is 187. The van der Waals surface area contributed by atoms with Crippen LogP contribution in [0, 0.1) is 0 Å². The minimum absolute atomic E-state index is 1.04. The van der Waals surface area contributed by atoms with E-state index in [-0.39, 0.29) is 0 Å². The molecule has 0 rings (SSSR count). The van der Waals surface area contributed by atoms with Gasteiger partial charge >= 0.3 is 0 Å². The zero-order valence-corrected chi connectivity index (χ0v) is 10.6. The second-order valence-corrected chi connectivity index (χ2v) is 8.55. The van der Waals surface area contributed by atoms with Crippen molar-refractivity contribution in [2.75, 3.05) is 0 Å². The first-order chi connectivity index (χ1) is 5.99. The summed E-state index contributed by atoms with van der Waals surface area (Å²) in [4.78, 5) is 0. The van der Waals surface area contributed by atoms with Crippen LogP contribution in [0.1, 0.15) is 26.7 Å². The van der Waals surface area contributed by atoms with Crippen molar-refractivity contribution in [2.24, 2.45) is 0 Å². The molecule has 0 aliphatic carbocycles. The smallest absolute Gasteiger partial charge is 0.241 e. The monoisotopic (exact) mass is 198 g/mol. The summed E-state index contributed by atoms with van der Waals surface area (Å²) in [5.41, 5.74) is 1.28. The van der Waals surface area contributed by atoms with Crippen molar-refractivity contribution in [3.63, 3.8) is 0 Å². The van der Waals surface area contributed by atoms with Crippen LogP contribution in [-0.2, 0) is 4.43 Å². The predicted octanol–water partition coefficient (Wildman–Crippen LogP) is 4.10. The second-order valence-electron chi connectivity index (χ2n) is 4.09. The van der Waals surface area contributed by atoms with Gasteiger partial charge in [-0.2, -0.15) is 0 Å². The lowest BCUT2D eigenvalue weighted by Gasteiger charge is -2.15. The summed E-state index contributed by atoms with van der Waals surface area (Å²) >= 11 is 0. The Labute approximate surface area is 83.6 Å². The van der Waals surface area contributed by atoms with E-state index in [2.05, 4.69) is 45.6 Å². The summed E-state index contributed by atoms with van der Waals surface area (Å²) < 4.78 is 5.71. The highest BCUT2D eigenvalue weighted by Crippen LogP contribution is 2.09. The van der Waals surface area contributed by atoms with E-state index in [1.165, 1.54) is 5.57 Å². The quantitative estimate of drug-likeness (QED) is 0.367. The first-order valence-corrected chi connectivity index (χ1v) is 8.43. The molecule has 0 bridgehead atoms. The van der Waals surface area contributed by atoms with Crippen LogP contribution in [0.15, 0.2) is 24.0 Å². The van der Waals surface area contributed by atoms with Gasteiger partial charge in [-0.05, 0) is 38.1 Å². The topological polar surface area (TPSA) is 9.23 Å². The van der Waals surface area contributed by atoms with Gasteiger partial charge in [0, 0.05) is 0 Å². The highest BCUT2D eigenvalue weighted by atomic mass is 28.4. The Hall–Kier alpha value is -0.503. The van der Waals surface area contributed by atoms with Gasteiger partial charge in [0.05, 0.1) is 6.26 Å². The molecule has 0 saturated carbocycles. The van der Waals surface area contributed by atoms with Crippen molar-refractivity contribution >= 4 is 8.32 Å². The first kappa shape index (κ1) is 12.5. The van der Waals surface area contributed by atoms with Crippen LogP contribution in [-0.4, -0.2) is 8.32 Å². The lowest BCUT2D eigenvalue weighted by molar-refractivity contribution is 0.473. The molecule has 0 fully saturated rings. The van der Waals surface area contributed by atoms with Gasteiger partial charge in [0.2, 0.25) is 8.32 Å². The molecule has 0 saturated heterocycles. The van der Waals surface area contributed by atoms with Crippen LogP contribution in [0.3, 0.4) is 0 Å². The molecule has 2 heteroatoms. The molecule has 0 spiro atoms. The van der Waals surface area contributed by atoms with Crippen molar-refractivity contribution in [3.05, 3.63) is 24.0 Å². The van der Waals surface area contributed by atoms with Gasteiger partial charge in [-0.3, -0.25) is 0 Å². The summed E-state index contributed by atoms with van der Waals surface area (Å²) in [5, 5.41) is 0. The van der Waals surface area contributed by atoms with E-state index in [0.717, 1.165) is 12.8 Å². The van der Waals surface area contributed by atoms with Crippen molar-refractivity contribution < 1.29 is 4.43 Å². The zero-order chi connectivity index (χ0) is 10.3. The van der Waals surface area contributed by atoms with Gasteiger partial charge in [0.15, 0.2) is 0 Å². The number of allylic oxidation sites excluding steroid dienone is 3. The fourth-order valence-electron chi connectivity index (χ4n) is 0.762. The Morgan fingerprint density at radius 3 is 2.23 bits per heavy atom. The van der Waals surface area contributed by atoms with Gasteiger partial charge < -0.3 is 4.43 Å². The Morgan fingerprint density at radius 2 is 1.85 bits per heavy atom. The summed E-state index contributed by atoms with van der Waals surface area (Å²) in [7, 11) is -1.39. The summed E-state index contributed by atoms with van der Waals surface area (Å²) in [6.45, 7) is 10.9. The van der Waals surface area contributed by atoms with E-state index < -0.39 is 8.32 Å². The van der Waals surface area contributed by atoms with E-state index in [9.17, 15) is 0 Å². The molecule has 0 aromatic heterocycles. The van der Waals surface area contributed by atoms with E-state index in [1.54, 1.807) is 0 Å². The molecule has 0 unspecified atom stereocenters. The Balaban J connectivity index is 4.15. The summed E-state index contributed by atoms with van der Waals surface area (Å²) in [5.74, 6) is 0. The van der Waals surface area contributed by atoms with Crippen molar-refractivity contribution in [1.29, 1.82) is 0 Å². The van der Waals surface area contributed by atoms with Crippen LogP contribution in [0.4, 0.5) is 0 Å². The molecule has 0 aromatic carbocycles. The molecule has 13 heavy (non-hydrogen) atoms. The lowest BCUT2D eigenvalue weighted by Crippen LogP contribution is -2.22.